The van der Waals surface area contributed by atoms with Crippen molar-refractivity contribution < 1.29 is 19.5 Å². The van der Waals surface area contributed by atoms with Crippen LogP contribution in [0.15, 0.2) is 0 Å². The van der Waals surface area contributed by atoms with E-state index in [0.29, 0.717) is 0 Å². The normalized spacial score (nSPS) is 2.67. The molecule has 0 amide bonds. The molecule has 0 aliphatic carbocycles. The van der Waals surface area contributed by atoms with Gasteiger partial charge in [0.15, 0.2) is 0 Å². The van der Waals surface area contributed by atoms with Crippen LogP contribution < -0.4 is 0 Å². The van der Waals surface area contributed by atoms with Crippen molar-refractivity contribution in [3.63, 3.8) is 0 Å². The van der Waals surface area contributed by atoms with Crippen molar-refractivity contribution in [2.75, 3.05) is 0 Å². The van der Waals surface area contributed by atoms with Crippen LogP contribution in [0.1, 0.15) is 27.7 Å². The molecule has 58 valence electrons. The van der Waals surface area contributed by atoms with E-state index in [2.05, 4.69) is 27.7 Å². The Morgan fingerprint density at radius 1 is 0.444 bits per heavy atom. The quantitative estimate of drug-likeness (QED) is 0.397. The average Bonchev–Trinajstić information content (AvgIpc) is 2.03. The third kappa shape index (κ3) is 973. The van der Waals surface area contributed by atoms with E-state index in [1.807, 2.05) is 0 Å². The van der Waals surface area contributed by atoms with Gasteiger partial charge >= 0.3 is 0 Å². The van der Waals surface area contributed by atoms with E-state index >= 15 is 0 Å². The topological polar surface area (TPSA) is 0 Å². The van der Waals surface area contributed by atoms with Crippen LogP contribution in [0, 0.1) is 27.7 Å². The van der Waals surface area contributed by atoms with E-state index in [-0.39, 0.29) is 19.5 Å². The van der Waals surface area contributed by atoms with Crippen LogP contribution in [-0.2, 0) is 19.5 Å². The molecule has 0 rings (SSSR count). The van der Waals surface area contributed by atoms with Gasteiger partial charge in [-0.1, -0.05) is 0 Å². The van der Waals surface area contributed by atoms with Gasteiger partial charge in [0, 0.05) is 19.5 Å². The molecule has 0 nitrogen and oxygen atoms in total. The van der Waals surface area contributed by atoms with Gasteiger partial charge in [-0.2, -0.15) is 27.7 Å². The zero-order valence-corrected chi connectivity index (χ0v) is 10.5. The molecule has 0 aromatic heterocycles. The minimum absolute atomic E-state index is 0. The van der Waals surface area contributed by atoms with Gasteiger partial charge in [0.25, 0.3) is 0 Å². The maximum Gasteiger partial charge on any atom is 0 e. The number of rotatable bonds is 0. The minimum atomic E-state index is 0. The largest absolute Gasteiger partial charge is 0.346 e. The molecule has 0 aromatic carbocycles. The van der Waals surface area contributed by atoms with Gasteiger partial charge in [-0.15, -0.1) is 0 Å². The van der Waals surface area contributed by atoms with Crippen molar-refractivity contribution in [3.05, 3.63) is 27.7 Å². The maximum absolute atomic E-state index is 3.25. The predicted molar refractivity (Wildman–Crippen MR) is 44.1 cm³/mol. The summed E-state index contributed by atoms with van der Waals surface area (Å²) in [6.45, 7) is 20.0. The van der Waals surface area contributed by atoms with Gasteiger partial charge < -0.3 is 27.7 Å². The number of hydrogen-bond donors (Lipinski definition) is 0. The van der Waals surface area contributed by atoms with Crippen LogP contribution in [0.2, 0.25) is 0 Å². The van der Waals surface area contributed by atoms with Crippen LogP contribution in [0.3, 0.4) is 0 Å². The summed E-state index contributed by atoms with van der Waals surface area (Å²) in [6, 6.07) is 0. The van der Waals surface area contributed by atoms with Crippen LogP contribution in [0.25, 0.3) is 0 Å². The Bertz CT molecular complexity index is 4.53. The average molecular weight is 182 g/mol. The first-order chi connectivity index (χ1) is 4.00. The van der Waals surface area contributed by atoms with Crippen LogP contribution in [0.4, 0.5) is 0 Å². The number of hydrogen-bond acceptors (Lipinski definition) is 0. The van der Waals surface area contributed by atoms with Crippen molar-refractivity contribution in [1.82, 2.24) is 0 Å². The molecule has 1 heteroatoms. The Hall–Kier alpha value is 0.623. The van der Waals surface area contributed by atoms with Crippen molar-refractivity contribution >= 4 is 0 Å². The molecule has 0 saturated carbocycles. The molecular formula is C8H20Zn-4. The van der Waals surface area contributed by atoms with Gasteiger partial charge in [0.2, 0.25) is 0 Å². The molecule has 9 heavy (non-hydrogen) atoms. The van der Waals surface area contributed by atoms with Gasteiger partial charge in [0.05, 0.1) is 0 Å². The van der Waals surface area contributed by atoms with Crippen molar-refractivity contribution in [3.8, 4) is 0 Å². The van der Waals surface area contributed by atoms with E-state index in [0.717, 1.165) is 0 Å². The smallest absolute Gasteiger partial charge is 0 e. The van der Waals surface area contributed by atoms with Gasteiger partial charge in [-0.3, -0.25) is 0 Å². The summed E-state index contributed by atoms with van der Waals surface area (Å²) in [6.07, 6.45) is 0. The molecule has 0 radical (unpaired) electrons. The van der Waals surface area contributed by atoms with Gasteiger partial charge in [-0.25, -0.2) is 0 Å². The fourth-order valence-corrected chi connectivity index (χ4v) is 0. The molecular weight excluding hydrogens is 161 g/mol. The van der Waals surface area contributed by atoms with Gasteiger partial charge in [0.1, 0.15) is 0 Å². The Balaban J connectivity index is -0.00000000762. The van der Waals surface area contributed by atoms with Crippen LogP contribution >= 0.6 is 0 Å². The van der Waals surface area contributed by atoms with E-state index < -0.39 is 0 Å². The molecule has 0 spiro atoms. The van der Waals surface area contributed by atoms with Crippen molar-refractivity contribution in [2.24, 2.45) is 0 Å². The predicted octanol–water partition coefficient (Wildman–Crippen LogP) is 3.36. The Morgan fingerprint density at radius 3 is 0.444 bits per heavy atom. The molecule has 0 aromatic rings. The second-order valence-electron chi connectivity index (χ2n) is 0. The van der Waals surface area contributed by atoms with Gasteiger partial charge in [-0.05, 0) is 0 Å². The molecule has 0 aliphatic heterocycles. The zero-order chi connectivity index (χ0) is 8.00. The van der Waals surface area contributed by atoms with E-state index in [1.54, 1.807) is 27.7 Å². The van der Waals surface area contributed by atoms with E-state index in [9.17, 15) is 0 Å². The summed E-state index contributed by atoms with van der Waals surface area (Å²) in [5.74, 6) is 0. The summed E-state index contributed by atoms with van der Waals surface area (Å²) >= 11 is 0. The van der Waals surface area contributed by atoms with Crippen LogP contribution in [0.5, 0.6) is 0 Å². The second kappa shape index (κ2) is 1290. The Morgan fingerprint density at radius 2 is 0.444 bits per heavy atom. The van der Waals surface area contributed by atoms with E-state index in [4.69, 9.17) is 0 Å². The summed E-state index contributed by atoms with van der Waals surface area (Å²) in [4.78, 5) is 0. The molecule has 0 bridgehead atoms. The van der Waals surface area contributed by atoms with E-state index in [1.165, 1.54) is 0 Å². The fraction of sp³-hybridized carbons (Fsp3) is 0.500. The van der Waals surface area contributed by atoms with Crippen molar-refractivity contribution in [1.29, 1.82) is 0 Å². The Kier molecular flexibility index (Phi) is 4800. The molecule has 0 atom stereocenters. The molecule has 0 unspecified atom stereocenters. The molecule has 0 fully saturated rings. The molecule has 0 N–H and O–H groups in total. The standard InChI is InChI=1S/4C2H5.Zn/c4*1-2;/h4*1H2,2H3;/q4*-1;. The SMILES string of the molecule is [CH2-]C.[CH2-]C.[CH2-]C.[CH2-]C.[Zn]. The first kappa shape index (κ1) is 33.5. The Labute approximate surface area is 75.2 Å². The molecule has 0 heterocycles. The first-order valence-electron chi connectivity index (χ1n) is 2.83. The summed E-state index contributed by atoms with van der Waals surface area (Å²) in [5.41, 5.74) is 0. The monoisotopic (exact) mass is 180 g/mol. The zero-order valence-electron chi connectivity index (χ0n) is 7.54. The third-order valence-electron chi connectivity index (χ3n) is 0. The first-order valence-corrected chi connectivity index (χ1v) is 2.83. The summed E-state index contributed by atoms with van der Waals surface area (Å²) in [5, 5.41) is 0. The summed E-state index contributed by atoms with van der Waals surface area (Å²) in [7, 11) is 0. The van der Waals surface area contributed by atoms with Crippen LogP contribution in [-0.4, -0.2) is 0 Å². The second-order valence-corrected chi connectivity index (χ2v) is 0. The summed E-state index contributed by atoms with van der Waals surface area (Å²) < 4.78 is 0. The maximum atomic E-state index is 3.25. The molecule has 0 saturated heterocycles. The third-order valence-corrected chi connectivity index (χ3v) is 0. The minimum Gasteiger partial charge on any atom is -0.346 e. The fourth-order valence-electron chi connectivity index (χ4n) is 0. The molecule has 0 aliphatic rings. The van der Waals surface area contributed by atoms with Crippen molar-refractivity contribution in [2.45, 2.75) is 27.7 Å².